The van der Waals surface area contributed by atoms with Gasteiger partial charge in [-0.1, -0.05) is 30.3 Å². The number of rotatable bonds is 5. The van der Waals surface area contributed by atoms with Gasteiger partial charge in [0.05, 0.1) is 12.2 Å². The fraction of sp³-hybridized carbons (Fsp3) is 0.353. The van der Waals surface area contributed by atoms with Crippen LogP contribution in [0.3, 0.4) is 0 Å². The van der Waals surface area contributed by atoms with E-state index in [-0.39, 0.29) is 17.7 Å². The molecule has 2 heterocycles. The van der Waals surface area contributed by atoms with Crippen LogP contribution < -0.4 is 0 Å². The Balaban J connectivity index is 1.70. The molecule has 2 atom stereocenters. The van der Waals surface area contributed by atoms with Crippen molar-refractivity contribution in [3.05, 3.63) is 63.9 Å². The zero-order chi connectivity index (χ0) is 17.1. The molecule has 1 aromatic carbocycles. The zero-order valence-corrected chi connectivity index (χ0v) is 13.0. The number of amides is 1. The lowest BCUT2D eigenvalue weighted by molar-refractivity contribution is -0.402. The van der Waals surface area contributed by atoms with Crippen molar-refractivity contribution in [2.45, 2.75) is 31.4 Å². The first-order chi connectivity index (χ1) is 11.6. The number of aliphatic hydroxyl groups excluding tert-OH is 1. The molecule has 0 bridgehead atoms. The van der Waals surface area contributed by atoms with Gasteiger partial charge in [0.15, 0.2) is 5.76 Å². The Kier molecular flexibility index (Phi) is 4.61. The maximum absolute atomic E-state index is 12.5. The fourth-order valence-electron chi connectivity index (χ4n) is 3.10. The summed E-state index contributed by atoms with van der Waals surface area (Å²) in [5.41, 5.74) is 0.811. The predicted octanol–water partition coefficient (Wildman–Crippen LogP) is 2.92. The lowest BCUT2D eigenvalue weighted by Gasteiger charge is -2.26. The van der Waals surface area contributed by atoms with E-state index >= 15 is 0 Å². The summed E-state index contributed by atoms with van der Waals surface area (Å²) in [5.74, 6) is -0.855. The number of furan rings is 1. The van der Waals surface area contributed by atoms with Gasteiger partial charge in [-0.05, 0) is 30.9 Å². The predicted molar refractivity (Wildman–Crippen MR) is 85.4 cm³/mol. The van der Waals surface area contributed by atoms with Crippen LogP contribution in [-0.4, -0.2) is 33.4 Å². The zero-order valence-electron chi connectivity index (χ0n) is 13.0. The van der Waals surface area contributed by atoms with Gasteiger partial charge in [0.2, 0.25) is 0 Å². The lowest BCUT2D eigenvalue weighted by atomic mass is 10.0. The molecule has 1 amide bonds. The molecule has 3 rings (SSSR count). The molecule has 0 aliphatic carbocycles. The molecule has 0 spiro atoms. The highest BCUT2D eigenvalue weighted by atomic mass is 16.6. The third kappa shape index (κ3) is 3.30. The molecule has 1 saturated heterocycles. The highest BCUT2D eigenvalue weighted by Gasteiger charge is 2.33. The van der Waals surface area contributed by atoms with Gasteiger partial charge >= 0.3 is 5.88 Å². The minimum atomic E-state index is -0.669. The molecule has 1 aliphatic heterocycles. The molecule has 0 saturated carbocycles. The Bertz CT molecular complexity index is 728. The smallest absolute Gasteiger partial charge is 0.395 e. The first-order valence-corrected chi connectivity index (χ1v) is 7.84. The highest BCUT2D eigenvalue weighted by molar-refractivity contribution is 5.92. The Morgan fingerprint density at radius 3 is 2.75 bits per heavy atom. The standard InChI is InChI=1S/C17H18N2O5/c20-14(12-5-2-1-3-6-12)11-13-7-4-10-18(13)17(21)15-8-9-16(24-15)19(22)23/h1-3,5-6,8-9,13-14,20H,4,7,10-11H2/t13-,14-/m0/s1. The van der Waals surface area contributed by atoms with Crippen LogP contribution in [0.25, 0.3) is 0 Å². The van der Waals surface area contributed by atoms with Gasteiger partial charge in [0.1, 0.15) is 4.92 Å². The molecule has 2 aromatic rings. The van der Waals surface area contributed by atoms with E-state index in [9.17, 15) is 20.0 Å². The molecule has 1 N–H and O–H groups in total. The number of benzene rings is 1. The monoisotopic (exact) mass is 330 g/mol. The van der Waals surface area contributed by atoms with Crippen molar-refractivity contribution >= 4 is 11.8 Å². The van der Waals surface area contributed by atoms with Crippen molar-refractivity contribution in [3.63, 3.8) is 0 Å². The largest absolute Gasteiger partial charge is 0.433 e. The van der Waals surface area contributed by atoms with Gasteiger partial charge in [0, 0.05) is 12.6 Å². The fourth-order valence-corrected chi connectivity index (χ4v) is 3.10. The van der Waals surface area contributed by atoms with Crippen LogP contribution in [0.4, 0.5) is 5.88 Å². The van der Waals surface area contributed by atoms with Crippen molar-refractivity contribution < 1.29 is 19.2 Å². The van der Waals surface area contributed by atoms with Crippen molar-refractivity contribution in [3.8, 4) is 0 Å². The minimum Gasteiger partial charge on any atom is -0.395 e. The van der Waals surface area contributed by atoms with Gasteiger partial charge in [-0.2, -0.15) is 0 Å². The molecule has 7 heteroatoms. The van der Waals surface area contributed by atoms with Crippen molar-refractivity contribution in [2.75, 3.05) is 6.54 Å². The molecule has 1 fully saturated rings. The first-order valence-electron chi connectivity index (χ1n) is 7.84. The van der Waals surface area contributed by atoms with E-state index in [0.29, 0.717) is 13.0 Å². The second kappa shape index (κ2) is 6.84. The summed E-state index contributed by atoms with van der Waals surface area (Å²) in [6.45, 7) is 0.555. The van der Waals surface area contributed by atoms with Crippen LogP contribution in [0.1, 0.15) is 41.5 Å². The van der Waals surface area contributed by atoms with Crippen molar-refractivity contribution in [2.24, 2.45) is 0 Å². The molecule has 24 heavy (non-hydrogen) atoms. The molecular formula is C17H18N2O5. The van der Waals surface area contributed by atoms with Gasteiger partial charge in [-0.3, -0.25) is 14.9 Å². The number of hydrogen-bond donors (Lipinski definition) is 1. The Morgan fingerprint density at radius 1 is 1.33 bits per heavy atom. The van der Waals surface area contributed by atoms with E-state index in [4.69, 9.17) is 4.42 Å². The third-order valence-corrected chi connectivity index (χ3v) is 4.30. The summed E-state index contributed by atoms with van der Waals surface area (Å²) in [6.07, 6.45) is 1.40. The molecular weight excluding hydrogens is 312 g/mol. The van der Waals surface area contributed by atoms with E-state index in [0.717, 1.165) is 18.4 Å². The average Bonchev–Trinajstić information content (AvgIpc) is 3.24. The van der Waals surface area contributed by atoms with Gasteiger partial charge in [-0.25, -0.2) is 0 Å². The van der Waals surface area contributed by atoms with Crippen molar-refractivity contribution in [1.82, 2.24) is 4.90 Å². The van der Waals surface area contributed by atoms with Gasteiger partial charge in [-0.15, -0.1) is 0 Å². The summed E-state index contributed by atoms with van der Waals surface area (Å²) in [4.78, 5) is 24.2. The maximum Gasteiger partial charge on any atom is 0.433 e. The molecule has 1 aromatic heterocycles. The van der Waals surface area contributed by atoms with Crippen LogP contribution in [-0.2, 0) is 0 Å². The molecule has 1 aliphatic rings. The maximum atomic E-state index is 12.5. The summed E-state index contributed by atoms with van der Waals surface area (Å²) < 4.78 is 5.00. The SMILES string of the molecule is O=C(c1ccc([N+](=O)[O-])o1)N1CCC[C@H]1C[C@H](O)c1ccccc1. The van der Waals surface area contributed by atoms with E-state index in [1.807, 2.05) is 30.3 Å². The van der Waals surface area contributed by atoms with E-state index in [1.54, 1.807) is 4.90 Å². The normalized spacial score (nSPS) is 18.5. The van der Waals surface area contributed by atoms with Crippen LogP contribution in [0, 0.1) is 10.1 Å². The quantitative estimate of drug-likeness (QED) is 0.671. The van der Waals surface area contributed by atoms with Crippen LogP contribution in [0.15, 0.2) is 46.9 Å². The number of carbonyl (C=O) groups is 1. The van der Waals surface area contributed by atoms with E-state index in [2.05, 4.69) is 0 Å². The Hall–Kier alpha value is -2.67. The number of nitro groups is 1. The summed E-state index contributed by atoms with van der Waals surface area (Å²) in [5, 5.41) is 21.1. The third-order valence-electron chi connectivity index (χ3n) is 4.30. The minimum absolute atomic E-state index is 0.0391. The number of likely N-dealkylation sites (tertiary alicyclic amines) is 1. The van der Waals surface area contributed by atoms with Gasteiger partial charge in [0.25, 0.3) is 5.91 Å². The number of nitrogens with zero attached hydrogens (tertiary/aromatic N) is 2. The Morgan fingerprint density at radius 2 is 2.08 bits per heavy atom. The first kappa shape index (κ1) is 16.2. The number of hydrogen-bond acceptors (Lipinski definition) is 5. The van der Waals surface area contributed by atoms with Gasteiger partial charge < -0.3 is 14.4 Å². The highest BCUT2D eigenvalue weighted by Crippen LogP contribution is 2.29. The van der Waals surface area contributed by atoms with E-state index < -0.39 is 16.9 Å². The molecule has 126 valence electrons. The molecule has 0 unspecified atom stereocenters. The summed E-state index contributed by atoms with van der Waals surface area (Å²) in [7, 11) is 0. The van der Waals surface area contributed by atoms with Crippen LogP contribution in [0.5, 0.6) is 0 Å². The summed E-state index contributed by atoms with van der Waals surface area (Å²) in [6, 6.07) is 11.7. The molecule has 7 nitrogen and oxygen atoms in total. The lowest BCUT2D eigenvalue weighted by Crippen LogP contribution is -2.36. The summed E-state index contributed by atoms with van der Waals surface area (Å²) >= 11 is 0. The second-order valence-corrected chi connectivity index (χ2v) is 5.85. The number of carbonyl (C=O) groups excluding carboxylic acids is 1. The number of aliphatic hydroxyl groups is 1. The van der Waals surface area contributed by atoms with E-state index in [1.165, 1.54) is 12.1 Å². The van der Waals surface area contributed by atoms with Crippen LogP contribution in [0.2, 0.25) is 0 Å². The second-order valence-electron chi connectivity index (χ2n) is 5.85. The molecule has 0 radical (unpaired) electrons. The average molecular weight is 330 g/mol. The van der Waals surface area contributed by atoms with Crippen molar-refractivity contribution in [1.29, 1.82) is 0 Å². The Labute approximate surface area is 138 Å². The topological polar surface area (TPSA) is 96.8 Å². The van der Waals surface area contributed by atoms with Crippen LogP contribution >= 0.6 is 0 Å².